The summed E-state index contributed by atoms with van der Waals surface area (Å²) in [6.45, 7) is 0.492. The number of hydrogen-bond acceptors (Lipinski definition) is 3. The minimum Gasteiger partial charge on any atom is -0.397 e. The number of nitrogens with two attached hydrogens (primary N) is 1. The van der Waals surface area contributed by atoms with Crippen molar-refractivity contribution in [2.75, 3.05) is 18.2 Å². The number of benzene rings is 2. The molecule has 0 aromatic heterocycles. The maximum absolute atomic E-state index is 13.3. The van der Waals surface area contributed by atoms with Crippen LogP contribution in [0.5, 0.6) is 0 Å². The highest BCUT2D eigenvalue weighted by atomic mass is 79.9. The second kappa shape index (κ2) is 6.04. The van der Waals surface area contributed by atoms with Gasteiger partial charge in [-0.1, -0.05) is 18.2 Å². The first-order valence-electron chi connectivity index (χ1n) is 5.70. The summed E-state index contributed by atoms with van der Waals surface area (Å²) in [6.07, 6.45) is 0. The minimum atomic E-state index is -0.381. The zero-order valence-electron chi connectivity index (χ0n) is 10.4. The topological polar surface area (TPSA) is 47.3 Å². The molecule has 0 bridgehead atoms. The summed E-state index contributed by atoms with van der Waals surface area (Å²) in [6, 6.07) is 10.6. The van der Waals surface area contributed by atoms with Gasteiger partial charge in [-0.25, -0.2) is 4.39 Å². The van der Waals surface area contributed by atoms with Crippen molar-refractivity contribution in [1.29, 1.82) is 0 Å². The third-order valence-corrected chi connectivity index (χ3v) is 3.29. The van der Waals surface area contributed by atoms with Gasteiger partial charge in [-0.2, -0.15) is 0 Å². The van der Waals surface area contributed by atoms with Crippen molar-refractivity contribution in [1.82, 2.24) is 0 Å². The molecule has 0 aliphatic heterocycles. The molecular weight excluding hydrogens is 311 g/mol. The first kappa shape index (κ1) is 13.8. The second-order valence-electron chi connectivity index (χ2n) is 4.07. The number of rotatable bonds is 4. The number of nitrogens with one attached hydrogen (secondary N) is 1. The van der Waals surface area contributed by atoms with Crippen LogP contribution in [-0.4, -0.2) is 7.11 Å². The van der Waals surface area contributed by atoms with Crippen LogP contribution in [0.1, 0.15) is 5.56 Å². The minimum absolute atomic E-state index is 0.355. The van der Waals surface area contributed by atoms with Crippen molar-refractivity contribution in [2.45, 2.75) is 6.61 Å². The molecule has 2 aromatic rings. The van der Waals surface area contributed by atoms with Gasteiger partial charge in [0.15, 0.2) is 0 Å². The van der Waals surface area contributed by atoms with E-state index in [2.05, 4.69) is 21.2 Å². The summed E-state index contributed by atoms with van der Waals surface area (Å²) < 4.78 is 18.8. The lowest BCUT2D eigenvalue weighted by molar-refractivity contribution is 0.185. The number of methoxy groups -OCH3 is 1. The van der Waals surface area contributed by atoms with Gasteiger partial charge in [0.2, 0.25) is 0 Å². The molecule has 0 amide bonds. The quantitative estimate of drug-likeness (QED) is 0.834. The van der Waals surface area contributed by atoms with Crippen LogP contribution in [0, 0.1) is 5.82 Å². The van der Waals surface area contributed by atoms with Crippen LogP contribution in [0.2, 0.25) is 0 Å². The zero-order valence-corrected chi connectivity index (χ0v) is 12.0. The molecule has 100 valence electrons. The van der Waals surface area contributed by atoms with Crippen LogP contribution in [0.4, 0.5) is 21.5 Å². The normalized spacial score (nSPS) is 10.5. The smallest absolute Gasteiger partial charge is 0.139 e. The van der Waals surface area contributed by atoms with Gasteiger partial charge in [0, 0.05) is 24.4 Å². The van der Waals surface area contributed by atoms with Gasteiger partial charge in [0.05, 0.1) is 22.5 Å². The van der Waals surface area contributed by atoms with Crippen molar-refractivity contribution >= 4 is 33.0 Å². The zero-order chi connectivity index (χ0) is 13.8. The average Bonchev–Trinajstić information content (AvgIpc) is 2.38. The van der Waals surface area contributed by atoms with Crippen LogP contribution in [-0.2, 0) is 11.3 Å². The molecule has 0 aliphatic carbocycles. The first-order valence-corrected chi connectivity index (χ1v) is 6.49. The molecule has 2 aromatic carbocycles. The number of nitrogen functional groups attached to an aromatic ring is 1. The summed E-state index contributed by atoms with van der Waals surface area (Å²) >= 11 is 3.15. The third kappa shape index (κ3) is 3.24. The summed E-state index contributed by atoms with van der Waals surface area (Å²) in [5, 5.41) is 3.19. The summed E-state index contributed by atoms with van der Waals surface area (Å²) in [5.41, 5.74) is 8.70. The van der Waals surface area contributed by atoms with Gasteiger partial charge in [0.25, 0.3) is 0 Å². The number of halogens is 2. The van der Waals surface area contributed by atoms with Gasteiger partial charge in [-0.3, -0.25) is 0 Å². The van der Waals surface area contributed by atoms with E-state index >= 15 is 0 Å². The SMILES string of the molecule is COCc1ccccc1Nc1cc(Br)c(F)cc1N. The number of anilines is 3. The molecule has 3 nitrogen and oxygen atoms in total. The van der Waals surface area contributed by atoms with Gasteiger partial charge < -0.3 is 15.8 Å². The Morgan fingerprint density at radius 1 is 1.26 bits per heavy atom. The molecule has 0 heterocycles. The van der Waals surface area contributed by atoms with E-state index in [0.29, 0.717) is 22.5 Å². The Balaban J connectivity index is 2.33. The molecule has 0 aliphatic rings. The van der Waals surface area contributed by atoms with Gasteiger partial charge in [-0.05, 0) is 28.1 Å². The maximum atomic E-state index is 13.3. The lowest BCUT2D eigenvalue weighted by Crippen LogP contribution is -2.01. The van der Waals surface area contributed by atoms with E-state index in [-0.39, 0.29) is 5.82 Å². The summed E-state index contributed by atoms with van der Waals surface area (Å²) in [5.74, 6) is -0.381. The predicted molar refractivity (Wildman–Crippen MR) is 79.0 cm³/mol. The van der Waals surface area contributed by atoms with Crippen molar-refractivity contribution in [3.63, 3.8) is 0 Å². The first-order chi connectivity index (χ1) is 9.11. The van der Waals surface area contributed by atoms with Crippen LogP contribution in [0.15, 0.2) is 40.9 Å². The Kier molecular flexibility index (Phi) is 4.39. The third-order valence-electron chi connectivity index (χ3n) is 2.68. The number of para-hydroxylation sites is 1. The van der Waals surface area contributed by atoms with Crippen molar-refractivity contribution in [3.05, 3.63) is 52.3 Å². The van der Waals surface area contributed by atoms with Crippen molar-refractivity contribution in [3.8, 4) is 0 Å². The van der Waals surface area contributed by atoms with Crippen molar-refractivity contribution in [2.24, 2.45) is 0 Å². The molecule has 3 N–H and O–H groups in total. The lowest BCUT2D eigenvalue weighted by Gasteiger charge is -2.14. The van der Waals surface area contributed by atoms with Crippen LogP contribution < -0.4 is 11.1 Å². The predicted octanol–water partition coefficient (Wildman–Crippen LogP) is 4.06. The van der Waals surface area contributed by atoms with Crippen LogP contribution >= 0.6 is 15.9 Å². The monoisotopic (exact) mass is 324 g/mol. The fourth-order valence-electron chi connectivity index (χ4n) is 1.74. The van der Waals surface area contributed by atoms with Gasteiger partial charge in [-0.15, -0.1) is 0 Å². The Morgan fingerprint density at radius 3 is 2.74 bits per heavy atom. The van der Waals surface area contributed by atoms with E-state index in [0.717, 1.165) is 11.3 Å². The lowest BCUT2D eigenvalue weighted by atomic mass is 10.1. The maximum Gasteiger partial charge on any atom is 0.139 e. The van der Waals surface area contributed by atoms with Crippen LogP contribution in [0.3, 0.4) is 0 Å². The molecule has 2 rings (SSSR count). The molecule has 0 saturated carbocycles. The van der Waals surface area contributed by atoms with E-state index in [1.807, 2.05) is 24.3 Å². The number of hydrogen-bond donors (Lipinski definition) is 2. The fourth-order valence-corrected chi connectivity index (χ4v) is 2.08. The van der Waals surface area contributed by atoms with E-state index in [1.54, 1.807) is 13.2 Å². The molecule has 0 spiro atoms. The van der Waals surface area contributed by atoms with E-state index in [4.69, 9.17) is 10.5 Å². The highest BCUT2D eigenvalue weighted by molar-refractivity contribution is 9.10. The van der Waals surface area contributed by atoms with Gasteiger partial charge in [0.1, 0.15) is 5.82 Å². The Hall–Kier alpha value is -1.59. The molecule has 19 heavy (non-hydrogen) atoms. The molecular formula is C14H14BrFN2O. The molecule has 0 saturated heterocycles. The van der Waals surface area contributed by atoms with Crippen molar-refractivity contribution < 1.29 is 9.13 Å². The molecule has 0 unspecified atom stereocenters. The highest BCUT2D eigenvalue weighted by Gasteiger charge is 2.08. The Labute approximate surface area is 119 Å². The number of ether oxygens (including phenoxy) is 1. The summed E-state index contributed by atoms with van der Waals surface area (Å²) in [4.78, 5) is 0. The van der Waals surface area contributed by atoms with Crippen LogP contribution in [0.25, 0.3) is 0 Å². The Bertz CT molecular complexity index is 590. The van der Waals surface area contributed by atoms with E-state index < -0.39 is 0 Å². The van der Waals surface area contributed by atoms with E-state index in [9.17, 15) is 4.39 Å². The second-order valence-corrected chi connectivity index (χ2v) is 4.92. The molecule has 5 heteroatoms. The fraction of sp³-hybridized carbons (Fsp3) is 0.143. The summed E-state index contributed by atoms with van der Waals surface area (Å²) in [7, 11) is 1.64. The highest BCUT2D eigenvalue weighted by Crippen LogP contribution is 2.30. The molecule has 0 fully saturated rings. The Morgan fingerprint density at radius 2 is 2.00 bits per heavy atom. The largest absolute Gasteiger partial charge is 0.397 e. The average molecular weight is 325 g/mol. The van der Waals surface area contributed by atoms with E-state index in [1.165, 1.54) is 6.07 Å². The molecule has 0 atom stereocenters. The van der Waals surface area contributed by atoms with Gasteiger partial charge >= 0.3 is 0 Å². The molecule has 0 radical (unpaired) electrons. The standard InChI is InChI=1S/C14H14BrFN2O/c1-19-8-9-4-2-3-5-13(9)18-14-6-10(15)11(16)7-12(14)17/h2-7,18H,8,17H2,1H3.